The maximum atomic E-state index is 11.9. The third-order valence-corrected chi connectivity index (χ3v) is 2.88. The highest BCUT2D eigenvalue weighted by molar-refractivity contribution is 6.10. The van der Waals surface area contributed by atoms with Crippen molar-refractivity contribution in [1.82, 2.24) is 4.98 Å². The third-order valence-electron chi connectivity index (χ3n) is 2.88. The second-order valence-corrected chi connectivity index (χ2v) is 4.20. The molecule has 104 valence electrons. The highest BCUT2D eigenvalue weighted by atomic mass is 16.5. The molecule has 0 bridgehead atoms. The summed E-state index contributed by atoms with van der Waals surface area (Å²) in [5.74, 6) is -0.327. The molecule has 0 aromatic carbocycles. The molecule has 0 aliphatic rings. The number of H-pyrrole nitrogens is 1. The van der Waals surface area contributed by atoms with E-state index in [1.807, 2.05) is 19.9 Å². The summed E-state index contributed by atoms with van der Waals surface area (Å²) in [4.78, 5) is 19.4. The molecular formula is C15H22N2O2. The van der Waals surface area contributed by atoms with Crippen molar-refractivity contribution in [1.29, 1.82) is 0 Å². The summed E-state index contributed by atoms with van der Waals surface area (Å²) in [5, 5.41) is 1.47. The number of hydrogen-bond acceptors (Lipinski definition) is 3. The molecule has 19 heavy (non-hydrogen) atoms. The fraction of sp³-hybridized carbons (Fsp3) is 0.467. The smallest absolute Gasteiger partial charge is 0.340 e. The zero-order valence-corrected chi connectivity index (χ0v) is 12.2. The molecule has 1 aromatic heterocycles. The van der Waals surface area contributed by atoms with Gasteiger partial charge in [-0.2, -0.15) is 0 Å². The van der Waals surface area contributed by atoms with Gasteiger partial charge in [0.15, 0.2) is 0 Å². The van der Waals surface area contributed by atoms with Gasteiger partial charge in [0.25, 0.3) is 0 Å². The van der Waals surface area contributed by atoms with Crippen molar-refractivity contribution < 1.29 is 9.53 Å². The van der Waals surface area contributed by atoms with Crippen molar-refractivity contribution >= 4 is 24.3 Å². The first-order valence-electron chi connectivity index (χ1n) is 6.64. The highest BCUT2D eigenvalue weighted by Crippen LogP contribution is 2.00. The maximum absolute atomic E-state index is 11.9. The van der Waals surface area contributed by atoms with Crippen LogP contribution in [0.5, 0.6) is 0 Å². The van der Waals surface area contributed by atoms with Gasteiger partial charge in [-0.15, -0.1) is 0 Å². The molecular weight excluding hydrogens is 240 g/mol. The summed E-state index contributed by atoms with van der Waals surface area (Å²) in [6.07, 6.45) is 2.82. The summed E-state index contributed by atoms with van der Waals surface area (Å²) in [6.45, 7) is 12.7. The van der Waals surface area contributed by atoms with Crippen molar-refractivity contribution in [2.24, 2.45) is 4.99 Å². The molecule has 0 saturated heterocycles. The van der Waals surface area contributed by atoms with Gasteiger partial charge in [0.2, 0.25) is 0 Å². The van der Waals surface area contributed by atoms with Crippen molar-refractivity contribution in [2.45, 2.75) is 34.1 Å². The summed E-state index contributed by atoms with van der Waals surface area (Å²) in [6, 6.07) is 0. The Morgan fingerprint density at radius 1 is 1.42 bits per heavy atom. The Balaban J connectivity index is 3.30. The Labute approximate surface area is 113 Å². The Bertz CT molecular complexity index is 582. The molecule has 0 unspecified atom stereocenters. The molecule has 4 heteroatoms. The first-order valence-corrected chi connectivity index (χ1v) is 6.64. The quantitative estimate of drug-likeness (QED) is 0.647. The summed E-state index contributed by atoms with van der Waals surface area (Å²) in [7, 11) is 0. The zero-order valence-electron chi connectivity index (χ0n) is 12.2. The van der Waals surface area contributed by atoms with Crippen LogP contribution < -0.4 is 10.7 Å². The Hall–Kier alpha value is -1.84. The van der Waals surface area contributed by atoms with E-state index >= 15 is 0 Å². The number of rotatable bonds is 5. The normalized spacial score (nSPS) is 12.8. The number of hydrogen-bond donors (Lipinski definition) is 1. The van der Waals surface area contributed by atoms with Gasteiger partial charge in [-0.1, -0.05) is 13.5 Å². The van der Waals surface area contributed by atoms with Crippen LogP contribution in [0, 0.1) is 6.92 Å². The number of esters is 1. The van der Waals surface area contributed by atoms with Crippen LogP contribution >= 0.6 is 0 Å². The average molecular weight is 262 g/mol. The summed E-state index contributed by atoms with van der Waals surface area (Å²) in [5.41, 5.74) is 2.39. The van der Waals surface area contributed by atoms with Crippen LogP contribution in [0.15, 0.2) is 4.99 Å². The van der Waals surface area contributed by atoms with E-state index in [2.05, 4.69) is 23.5 Å². The Morgan fingerprint density at radius 3 is 2.63 bits per heavy atom. The van der Waals surface area contributed by atoms with Gasteiger partial charge in [0.05, 0.1) is 12.2 Å². The van der Waals surface area contributed by atoms with Gasteiger partial charge in [-0.25, -0.2) is 4.79 Å². The van der Waals surface area contributed by atoms with Crippen LogP contribution in [-0.2, 0) is 4.74 Å². The lowest BCUT2D eigenvalue weighted by atomic mass is 10.1. The fourth-order valence-corrected chi connectivity index (χ4v) is 1.93. The standard InChI is InChI=1S/C15H22N2O2/c1-6-12(16-7-2)9-13-10(4)14(11(5)17-13)15(18)19-8-3/h9,17H,5-8H2,1-4H3/b13-9-,16-12?. The largest absolute Gasteiger partial charge is 0.462 e. The van der Waals surface area contributed by atoms with E-state index in [1.54, 1.807) is 6.92 Å². The molecule has 0 spiro atoms. The minimum absolute atomic E-state index is 0.327. The van der Waals surface area contributed by atoms with E-state index in [4.69, 9.17) is 4.74 Å². The van der Waals surface area contributed by atoms with Crippen LogP contribution in [0.2, 0.25) is 0 Å². The van der Waals surface area contributed by atoms with Crippen LogP contribution in [-0.4, -0.2) is 29.8 Å². The van der Waals surface area contributed by atoms with Crippen molar-refractivity contribution in [3.05, 3.63) is 21.8 Å². The van der Waals surface area contributed by atoms with E-state index < -0.39 is 0 Å². The monoisotopic (exact) mass is 262 g/mol. The molecule has 0 aliphatic heterocycles. The van der Waals surface area contributed by atoms with Gasteiger partial charge in [0.1, 0.15) is 0 Å². The predicted octanol–water partition coefficient (Wildman–Crippen LogP) is 1.56. The Morgan fingerprint density at radius 2 is 2.11 bits per heavy atom. The summed E-state index contributed by atoms with van der Waals surface area (Å²) >= 11 is 0. The first-order chi connectivity index (χ1) is 9.04. The third kappa shape index (κ3) is 3.56. The minimum Gasteiger partial charge on any atom is -0.462 e. The maximum Gasteiger partial charge on any atom is 0.340 e. The molecule has 0 fully saturated rings. The van der Waals surface area contributed by atoms with E-state index in [0.29, 0.717) is 17.5 Å². The number of carbonyl (C=O) groups is 1. The van der Waals surface area contributed by atoms with Crippen LogP contribution in [0.1, 0.15) is 43.1 Å². The van der Waals surface area contributed by atoms with Crippen LogP contribution in [0.4, 0.5) is 0 Å². The topological polar surface area (TPSA) is 54.5 Å². The SMILES string of the molecule is C=c1[nH]/c(=C\C(CC)=NCC)c(C)c1C(=O)OCC. The van der Waals surface area contributed by atoms with Crippen molar-refractivity contribution in [2.75, 3.05) is 13.2 Å². The second-order valence-electron chi connectivity index (χ2n) is 4.20. The number of aliphatic imine (C=N–C) groups is 1. The average Bonchev–Trinajstić information content (AvgIpc) is 2.64. The lowest BCUT2D eigenvalue weighted by molar-refractivity contribution is 0.0524. The van der Waals surface area contributed by atoms with Gasteiger partial charge in [-0.05, 0) is 38.8 Å². The molecule has 0 aliphatic carbocycles. The number of ether oxygens (including phenoxy) is 1. The lowest BCUT2D eigenvalue weighted by Gasteiger charge is -2.00. The number of nitrogens with one attached hydrogen (secondary N) is 1. The minimum atomic E-state index is -0.327. The molecule has 1 heterocycles. The molecule has 1 rings (SSSR count). The molecule has 0 saturated carbocycles. The van der Waals surface area contributed by atoms with E-state index in [1.165, 1.54) is 0 Å². The van der Waals surface area contributed by atoms with Gasteiger partial charge in [0, 0.05) is 23.0 Å². The van der Waals surface area contributed by atoms with E-state index in [9.17, 15) is 4.79 Å². The number of nitrogens with zero attached hydrogens (tertiary/aromatic N) is 1. The van der Waals surface area contributed by atoms with Crippen LogP contribution in [0.3, 0.4) is 0 Å². The number of carbonyl (C=O) groups excluding carboxylic acids is 1. The van der Waals surface area contributed by atoms with Gasteiger partial charge >= 0.3 is 5.97 Å². The molecule has 4 nitrogen and oxygen atoms in total. The van der Waals surface area contributed by atoms with Gasteiger partial charge < -0.3 is 9.72 Å². The number of aromatic amines is 1. The Kier molecular flexibility index (Phi) is 5.55. The van der Waals surface area contributed by atoms with Crippen molar-refractivity contribution in [3.8, 4) is 0 Å². The summed E-state index contributed by atoms with van der Waals surface area (Å²) < 4.78 is 5.04. The number of aromatic nitrogens is 1. The highest BCUT2D eigenvalue weighted by Gasteiger charge is 2.14. The molecule has 1 aromatic rings. The lowest BCUT2D eigenvalue weighted by Crippen LogP contribution is -2.15. The van der Waals surface area contributed by atoms with E-state index in [-0.39, 0.29) is 5.97 Å². The van der Waals surface area contributed by atoms with Crippen LogP contribution in [0.25, 0.3) is 12.7 Å². The van der Waals surface area contributed by atoms with Crippen molar-refractivity contribution in [3.63, 3.8) is 0 Å². The molecule has 0 amide bonds. The van der Waals surface area contributed by atoms with Gasteiger partial charge in [-0.3, -0.25) is 4.99 Å². The second kappa shape index (κ2) is 6.92. The fourth-order valence-electron chi connectivity index (χ4n) is 1.93. The van der Waals surface area contributed by atoms with E-state index in [0.717, 1.165) is 29.6 Å². The zero-order chi connectivity index (χ0) is 14.4. The predicted molar refractivity (Wildman–Crippen MR) is 79.0 cm³/mol. The molecule has 0 atom stereocenters. The first kappa shape index (κ1) is 15.2. The molecule has 1 N–H and O–H groups in total. The molecule has 0 radical (unpaired) electrons.